The van der Waals surface area contributed by atoms with E-state index < -0.39 is 11.9 Å². The minimum absolute atomic E-state index is 0.193. The third-order valence-electron chi connectivity index (χ3n) is 2.90. The maximum atomic E-state index is 12.8. The monoisotopic (exact) mass is 280 g/mol. The van der Waals surface area contributed by atoms with Gasteiger partial charge in [-0.2, -0.15) is 13.2 Å². The molecule has 2 aromatic rings. The van der Waals surface area contributed by atoms with E-state index in [1.165, 1.54) is 18.3 Å². The van der Waals surface area contributed by atoms with Gasteiger partial charge in [-0.1, -0.05) is 36.4 Å². The van der Waals surface area contributed by atoms with Crippen LogP contribution < -0.4 is 0 Å². The van der Waals surface area contributed by atoms with Crippen molar-refractivity contribution in [2.75, 3.05) is 7.05 Å². The van der Waals surface area contributed by atoms with Gasteiger partial charge < -0.3 is 0 Å². The third-order valence-corrected chi connectivity index (χ3v) is 2.90. The second-order valence-corrected chi connectivity index (χ2v) is 4.67. The summed E-state index contributed by atoms with van der Waals surface area (Å²) in [5.74, 6) is 0. The number of nitrogens with zero attached hydrogens (tertiary/aromatic N) is 2. The second-order valence-electron chi connectivity index (χ2n) is 4.67. The topological polar surface area (TPSA) is 16.1 Å². The van der Waals surface area contributed by atoms with E-state index in [2.05, 4.69) is 4.98 Å². The average Bonchev–Trinajstić information content (AvgIpc) is 2.39. The Labute approximate surface area is 115 Å². The fraction of sp³-hybridized carbons (Fsp3) is 0.267. The maximum absolute atomic E-state index is 12.8. The molecule has 0 saturated carbocycles. The predicted octanol–water partition coefficient (Wildman–Crippen LogP) is 3.73. The van der Waals surface area contributed by atoms with Crippen LogP contribution in [0.4, 0.5) is 13.2 Å². The number of alkyl halides is 3. The van der Waals surface area contributed by atoms with Gasteiger partial charge in [0.15, 0.2) is 0 Å². The molecular weight excluding hydrogens is 265 g/mol. The average molecular weight is 280 g/mol. The van der Waals surface area contributed by atoms with Crippen LogP contribution in [0, 0.1) is 0 Å². The normalized spacial score (nSPS) is 11.8. The Bertz CT molecular complexity index is 553. The smallest absolute Gasteiger partial charge is 0.298 e. The lowest BCUT2D eigenvalue weighted by molar-refractivity contribution is -0.142. The molecule has 20 heavy (non-hydrogen) atoms. The quantitative estimate of drug-likeness (QED) is 0.848. The number of hydrogen-bond acceptors (Lipinski definition) is 2. The summed E-state index contributed by atoms with van der Waals surface area (Å²) < 4.78 is 38.5. The molecule has 1 aromatic heterocycles. The van der Waals surface area contributed by atoms with E-state index in [9.17, 15) is 13.2 Å². The Morgan fingerprint density at radius 1 is 1.00 bits per heavy atom. The number of halogens is 3. The van der Waals surface area contributed by atoms with Crippen molar-refractivity contribution in [3.05, 3.63) is 65.5 Å². The fourth-order valence-electron chi connectivity index (χ4n) is 2.06. The van der Waals surface area contributed by atoms with Gasteiger partial charge in [0, 0.05) is 19.3 Å². The summed E-state index contributed by atoms with van der Waals surface area (Å²) in [6, 6.07) is 12.6. The van der Waals surface area contributed by atoms with Crippen LogP contribution in [0.25, 0.3) is 0 Å². The largest absolute Gasteiger partial charge is 0.433 e. The summed E-state index contributed by atoms with van der Waals surface area (Å²) in [6.07, 6.45) is -3.24. The number of benzene rings is 1. The lowest BCUT2D eigenvalue weighted by atomic mass is 10.1. The SMILES string of the molecule is CN(Cc1ccccc1)Cc1cccnc1C(F)(F)F. The highest BCUT2D eigenvalue weighted by Gasteiger charge is 2.35. The van der Waals surface area contributed by atoms with E-state index in [4.69, 9.17) is 0 Å². The molecule has 1 aromatic carbocycles. The van der Waals surface area contributed by atoms with Crippen molar-refractivity contribution in [2.45, 2.75) is 19.3 Å². The molecule has 0 saturated heterocycles. The molecule has 0 fully saturated rings. The van der Waals surface area contributed by atoms with Gasteiger partial charge in [-0.25, -0.2) is 0 Å². The molecular formula is C15H15F3N2. The van der Waals surface area contributed by atoms with Gasteiger partial charge in [0.2, 0.25) is 0 Å². The van der Waals surface area contributed by atoms with E-state index in [1.54, 1.807) is 7.05 Å². The van der Waals surface area contributed by atoms with Gasteiger partial charge in [-0.3, -0.25) is 9.88 Å². The first-order chi connectivity index (χ1) is 9.47. The highest BCUT2D eigenvalue weighted by molar-refractivity contribution is 5.22. The molecule has 106 valence electrons. The van der Waals surface area contributed by atoms with Crippen molar-refractivity contribution in [1.82, 2.24) is 9.88 Å². The van der Waals surface area contributed by atoms with Gasteiger partial charge in [0.1, 0.15) is 5.69 Å². The molecule has 0 aliphatic rings. The van der Waals surface area contributed by atoms with Crippen molar-refractivity contribution in [2.24, 2.45) is 0 Å². The molecule has 0 unspecified atom stereocenters. The van der Waals surface area contributed by atoms with Crippen molar-refractivity contribution < 1.29 is 13.2 Å². The lowest BCUT2D eigenvalue weighted by Crippen LogP contribution is -2.21. The first-order valence-electron chi connectivity index (χ1n) is 6.20. The molecule has 0 bridgehead atoms. The summed E-state index contributed by atoms with van der Waals surface area (Å²) in [7, 11) is 1.79. The molecule has 0 atom stereocenters. The number of pyridine rings is 1. The molecule has 0 aliphatic carbocycles. The first-order valence-corrected chi connectivity index (χ1v) is 6.20. The van der Waals surface area contributed by atoms with Crippen LogP contribution in [-0.2, 0) is 19.3 Å². The maximum Gasteiger partial charge on any atom is 0.433 e. The van der Waals surface area contributed by atoms with Crippen molar-refractivity contribution in [3.63, 3.8) is 0 Å². The third kappa shape index (κ3) is 3.81. The molecule has 0 radical (unpaired) electrons. The number of hydrogen-bond donors (Lipinski definition) is 0. The molecule has 0 aliphatic heterocycles. The van der Waals surface area contributed by atoms with Crippen LogP contribution in [0.15, 0.2) is 48.7 Å². The Hall–Kier alpha value is -1.88. The molecule has 1 heterocycles. The van der Waals surface area contributed by atoms with Gasteiger partial charge in [-0.05, 0) is 24.2 Å². The van der Waals surface area contributed by atoms with E-state index in [-0.39, 0.29) is 12.1 Å². The summed E-state index contributed by atoms with van der Waals surface area (Å²) in [4.78, 5) is 5.29. The van der Waals surface area contributed by atoms with Gasteiger partial charge in [0.25, 0.3) is 0 Å². The van der Waals surface area contributed by atoms with Crippen molar-refractivity contribution in [3.8, 4) is 0 Å². The lowest BCUT2D eigenvalue weighted by Gasteiger charge is -2.19. The minimum Gasteiger partial charge on any atom is -0.298 e. The van der Waals surface area contributed by atoms with Crippen LogP contribution in [0.2, 0.25) is 0 Å². The van der Waals surface area contributed by atoms with E-state index in [1.807, 2.05) is 35.2 Å². The summed E-state index contributed by atoms with van der Waals surface area (Å²) in [5.41, 5.74) is 0.450. The van der Waals surface area contributed by atoms with E-state index in [0.29, 0.717) is 6.54 Å². The predicted molar refractivity (Wildman–Crippen MR) is 70.9 cm³/mol. The van der Waals surface area contributed by atoms with Crippen LogP contribution in [0.5, 0.6) is 0 Å². The summed E-state index contributed by atoms with van der Waals surface area (Å²) in [5, 5.41) is 0. The molecule has 0 N–H and O–H groups in total. The van der Waals surface area contributed by atoms with Crippen molar-refractivity contribution >= 4 is 0 Å². The zero-order valence-corrected chi connectivity index (χ0v) is 11.1. The zero-order chi connectivity index (χ0) is 14.6. The Morgan fingerprint density at radius 2 is 1.70 bits per heavy atom. The number of aromatic nitrogens is 1. The molecule has 0 spiro atoms. The van der Waals surface area contributed by atoms with Crippen LogP contribution >= 0.6 is 0 Å². The highest BCUT2D eigenvalue weighted by atomic mass is 19.4. The van der Waals surface area contributed by atoms with E-state index >= 15 is 0 Å². The number of rotatable bonds is 4. The van der Waals surface area contributed by atoms with Crippen molar-refractivity contribution in [1.29, 1.82) is 0 Å². The minimum atomic E-state index is -4.41. The molecule has 0 amide bonds. The van der Waals surface area contributed by atoms with E-state index in [0.717, 1.165) is 5.56 Å². The molecule has 2 nitrogen and oxygen atoms in total. The Balaban J connectivity index is 2.10. The van der Waals surface area contributed by atoms with Crippen LogP contribution in [0.3, 0.4) is 0 Å². The second kappa shape index (κ2) is 6.05. The Morgan fingerprint density at radius 3 is 2.35 bits per heavy atom. The summed E-state index contributed by atoms with van der Waals surface area (Å²) >= 11 is 0. The molecule has 5 heteroatoms. The van der Waals surface area contributed by atoms with Gasteiger partial charge in [0.05, 0.1) is 0 Å². The van der Waals surface area contributed by atoms with Gasteiger partial charge >= 0.3 is 6.18 Å². The standard InChI is InChI=1S/C15H15F3N2/c1-20(10-12-6-3-2-4-7-12)11-13-8-5-9-19-14(13)15(16,17)18/h2-9H,10-11H2,1H3. The molecule has 2 rings (SSSR count). The fourth-order valence-corrected chi connectivity index (χ4v) is 2.06. The zero-order valence-electron chi connectivity index (χ0n) is 11.1. The van der Waals surface area contributed by atoms with Gasteiger partial charge in [-0.15, -0.1) is 0 Å². The summed E-state index contributed by atoms with van der Waals surface area (Å²) in [6.45, 7) is 0.796. The first kappa shape index (κ1) is 14.5. The Kier molecular flexibility index (Phi) is 4.39. The highest BCUT2D eigenvalue weighted by Crippen LogP contribution is 2.30. The van der Waals surface area contributed by atoms with Crippen LogP contribution in [0.1, 0.15) is 16.8 Å². The van der Waals surface area contributed by atoms with Crippen LogP contribution in [-0.4, -0.2) is 16.9 Å².